The van der Waals surface area contributed by atoms with E-state index in [1.54, 1.807) is 0 Å². The molecule has 0 unspecified atom stereocenters. The molecule has 0 spiro atoms. The van der Waals surface area contributed by atoms with Gasteiger partial charge in [-0.05, 0) is 42.5 Å². The fourth-order valence-electron chi connectivity index (χ4n) is 4.20. The fraction of sp³-hybridized carbons (Fsp3) is 0.261. The van der Waals surface area contributed by atoms with Crippen LogP contribution in [-0.4, -0.2) is 29.0 Å². The number of nitrogens with zero attached hydrogens (tertiary/aromatic N) is 4. The molecule has 3 heterocycles. The molecule has 2 aliphatic heterocycles. The summed E-state index contributed by atoms with van der Waals surface area (Å²) >= 11 is 0. The van der Waals surface area contributed by atoms with Crippen molar-refractivity contribution in [3.05, 3.63) is 82.8 Å². The van der Waals surface area contributed by atoms with Gasteiger partial charge in [-0.2, -0.15) is 0 Å². The molecular formula is C23H22N4O. The van der Waals surface area contributed by atoms with Gasteiger partial charge in [-0.15, -0.1) is 0 Å². The first-order valence-electron chi connectivity index (χ1n) is 9.76. The first kappa shape index (κ1) is 16.9. The van der Waals surface area contributed by atoms with Crippen molar-refractivity contribution in [1.29, 1.82) is 0 Å². The van der Waals surface area contributed by atoms with E-state index >= 15 is 0 Å². The third-order valence-electron chi connectivity index (χ3n) is 5.63. The minimum atomic E-state index is -0.0471. The topological polar surface area (TPSA) is 49.3 Å². The van der Waals surface area contributed by atoms with Crippen LogP contribution in [0, 0.1) is 6.92 Å². The molecule has 0 radical (unpaired) electrons. The number of carbonyl (C=O) groups excluding carboxylic acids is 1. The number of para-hydroxylation sites is 1. The van der Waals surface area contributed by atoms with E-state index < -0.39 is 0 Å². The lowest BCUT2D eigenvalue weighted by molar-refractivity contribution is 0.0984. The van der Waals surface area contributed by atoms with Gasteiger partial charge in [-0.25, -0.2) is 9.97 Å². The highest BCUT2D eigenvalue weighted by Crippen LogP contribution is 2.29. The zero-order valence-electron chi connectivity index (χ0n) is 15.9. The first-order chi connectivity index (χ1) is 13.7. The van der Waals surface area contributed by atoms with Gasteiger partial charge >= 0.3 is 0 Å². The molecule has 2 aliphatic rings. The smallest absolute Gasteiger partial charge is 0.277 e. The first-order valence-corrected chi connectivity index (χ1v) is 9.76. The fourth-order valence-corrected chi connectivity index (χ4v) is 4.20. The Morgan fingerprint density at radius 2 is 1.61 bits per heavy atom. The standard InChI is InChI=1S/C23H22N4O/c1-16-24-20(23(28)27-13-11-18-7-4-5-9-21(18)27)14-22(25-16)26-12-10-17-6-2-3-8-19(17)15-26/h2-9,14H,10-13,15H2,1H3. The lowest BCUT2D eigenvalue weighted by Gasteiger charge is -2.30. The molecule has 3 aromatic rings. The number of anilines is 2. The Morgan fingerprint density at radius 1 is 0.893 bits per heavy atom. The number of amides is 1. The van der Waals surface area contributed by atoms with E-state index in [2.05, 4.69) is 45.2 Å². The Balaban J connectivity index is 1.45. The highest BCUT2D eigenvalue weighted by Gasteiger charge is 2.27. The van der Waals surface area contributed by atoms with Crippen molar-refractivity contribution in [2.24, 2.45) is 0 Å². The van der Waals surface area contributed by atoms with Crippen molar-refractivity contribution in [2.45, 2.75) is 26.3 Å². The van der Waals surface area contributed by atoms with Crippen molar-refractivity contribution in [3.63, 3.8) is 0 Å². The molecule has 5 heteroatoms. The van der Waals surface area contributed by atoms with Crippen LogP contribution in [0.4, 0.5) is 11.5 Å². The van der Waals surface area contributed by atoms with Gasteiger partial charge < -0.3 is 9.80 Å². The molecule has 0 fully saturated rings. The van der Waals surface area contributed by atoms with Crippen molar-refractivity contribution < 1.29 is 4.79 Å². The van der Waals surface area contributed by atoms with Gasteiger partial charge in [0, 0.05) is 31.4 Å². The van der Waals surface area contributed by atoms with Gasteiger partial charge in [0.1, 0.15) is 17.3 Å². The van der Waals surface area contributed by atoms with Gasteiger partial charge in [-0.1, -0.05) is 42.5 Å². The molecular weight excluding hydrogens is 348 g/mol. The molecule has 0 saturated carbocycles. The summed E-state index contributed by atoms with van der Waals surface area (Å²) in [6, 6.07) is 18.5. The van der Waals surface area contributed by atoms with E-state index in [0.717, 1.165) is 37.4 Å². The van der Waals surface area contributed by atoms with E-state index in [1.165, 1.54) is 16.7 Å². The second-order valence-electron chi connectivity index (χ2n) is 7.43. The van der Waals surface area contributed by atoms with Crippen molar-refractivity contribution in [1.82, 2.24) is 9.97 Å². The molecule has 28 heavy (non-hydrogen) atoms. The maximum absolute atomic E-state index is 13.2. The summed E-state index contributed by atoms with van der Waals surface area (Å²) in [6.45, 7) is 4.27. The number of hydrogen-bond donors (Lipinski definition) is 0. The maximum atomic E-state index is 13.2. The Hall–Kier alpha value is -3.21. The zero-order chi connectivity index (χ0) is 19.1. The minimum absolute atomic E-state index is 0.0471. The SMILES string of the molecule is Cc1nc(C(=O)N2CCc3ccccc32)cc(N2CCc3ccccc3C2)n1. The van der Waals surface area contributed by atoms with Crippen LogP contribution in [-0.2, 0) is 19.4 Å². The van der Waals surface area contributed by atoms with Crippen LogP contribution in [0.1, 0.15) is 33.0 Å². The molecule has 0 N–H and O–H groups in total. The van der Waals surface area contributed by atoms with Crippen molar-refractivity contribution in [2.75, 3.05) is 22.9 Å². The molecule has 2 aromatic carbocycles. The van der Waals surface area contributed by atoms with Gasteiger partial charge in [-0.3, -0.25) is 4.79 Å². The summed E-state index contributed by atoms with van der Waals surface area (Å²) in [5, 5.41) is 0. The molecule has 5 nitrogen and oxygen atoms in total. The Labute approximate surface area is 164 Å². The number of aromatic nitrogens is 2. The molecule has 1 aromatic heterocycles. The molecule has 5 rings (SSSR count). The van der Waals surface area contributed by atoms with Crippen LogP contribution < -0.4 is 9.80 Å². The van der Waals surface area contributed by atoms with Crippen molar-refractivity contribution >= 4 is 17.4 Å². The summed E-state index contributed by atoms with van der Waals surface area (Å²) in [6.07, 6.45) is 1.88. The van der Waals surface area contributed by atoms with Crippen LogP contribution in [0.25, 0.3) is 0 Å². The van der Waals surface area contributed by atoms with Gasteiger partial charge in [0.15, 0.2) is 0 Å². The highest BCUT2D eigenvalue weighted by molar-refractivity contribution is 6.06. The molecule has 140 valence electrons. The van der Waals surface area contributed by atoms with Crippen LogP contribution >= 0.6 is 0 Å². The average Bonchev–Trinajstić information content (AvgIpc) is 3.16. The van der Waals surface area contributed by atoms with E-state index in [-0.39, 0.29) is 5.91 Å². The van der Waals surface area contributed by atoms with Gasteiger partial charge in [0.2, 0.25) is 0 Å². The molecule has 0 aliphatic carbocycles. The lowest BCUT2D eigenvalue weighted by Crippen LogP contribution is -2.33. The molecule has 0 saturated heterocycles. The predicted octanol–water partition coefficient (Wildman–Crippen LogP) is 3.55. The quantitative estimate of drug-likeness (QED) is 0.692. The Bertz CT molecular complexity index is 1060. The Morgan fingerprint density at radius 3 is 2.46 bits per heavy atom. The Kier molecular flexibility index (Phi) is 4.08. The van der Waals surface area contributed by atoms with Crippen LogP contribution in [0.3, 0.4) is 0 Å². The number of rotatable bonds is 2. The van der Waals surface area contributed by atoms with Gasteiger partial charge in [0.25, 0.3) is 5.91 Å². The molecule has 0 bridgehead atoms. The normalized spacial score (nSPS) is 15.3. The van der Waals surface area contributed by atoms with Crippen LogP contribution in [0.2, 0.25) is 0 Å². The number of carbonyl (C=O) groups is 1. The number of aryl methyl sites for hydroxylation is 1. The van der Waals surface area contributed by atoms with E-state index in [0.29, 0.717) is 18.1 Å². The van der Waals surface area contributed by atoms with Crippen molar-refractivity contribution in [3.8, 4) is 0 Å². The summed E-state index contributed by atoms with van der Waals surface area (Å²) < 4.78 is 0. The second-order valence-corrected chi connectivity index (χ2v) is 7.43. The third kappa shape index (κ3) is 2.93. The third-order valence-corrected chi connectivity index (χ3v) is 5.63. The molecule has 1 amide bonds. The largest absolute Gasteiger partial charge is 0.352 e. The summed E-state index contributed by atoms with van der Waals surface area (Å²) in [5.74, 6) is 1.42. The van der Waals surface area contributed by atoms with E-state index in [4.69, 9.17) is 0 Å². The summed E-state index contributed by atoms with van der Waals surface area (Å²) in [7, 11) is 0. The highest BCUT2D eigenvalue weighted by atomic mass is 16.2. The van der Waals surface area contributed by atoms with Crippen LogP contribution in [0.5, 0.6) is 0 Å². The number of hydrogen-bond acceptors (Lipinski definition) is 4. The van der Waals surface area contributed by atoms with E-state index in [1.807, 2.05) is 36.1 Å². The monoisotopic (exact) mass is 370 g/mol. The number of fused-ring (bicyclic) bond motifs is 2. The summed E-state index contributed by atoms with van der Waals surface area (Å²) in [5.41, 5.74) is 5.41. The zero-order valence-corrected chi connectivity index (χ0v) is 15.9. The second kappa shape index (κ2) is 6.75. The van der Waals surface area contributed by atoms with Gasteiger partial charge in [0.05, 0.1) is 0 Å². The summed E-state index contributed by atoms with van der Waals surface area (Å²) in [4.78, 5) is 26.4. The van der Waals surface area contributed by atoms with E-state index in [9.17, 15) is 4.79 Å². The average molecular weight is 370 g/mol. The maximum Gasteiger partial charge on any atom is 0.277 e. The molecule has 0 atom stereocenters. The predicted molar refractivity (Wildman–Crippen MR) is 110 cm³/mol. The lowest BCUT2D eigenvalue weighted by atomic mass is 10.00. The van der Waals surface area contributed by atoms with Crippen LogP contribution in [0.15, 0.2) is 54.6 Å². The number of benzene rings is 2. The minimum Gasteiger partial charge on any atom is -0.352 e.